The Labute approximate surface area is 174 Å². The van der Waals surface area contributed by atoms with Crippen LogP contribution in [-0.2, 0) is 10.7 Å². The van der Waals surface area contributed by atoms with Crippen LogP contribution in [0, 0.1) is 11.6 Å². The second-order valence-electron chi connectivity index (χ2n) is 6.88. The number of rotatable bonds is 4. The van der Waals surface area contributed by atoms with E-state index in [0.29, 0.717) is 12.1 Å². The van der Waals surface area contributed by atoms with Gasteiger partial charge in [0.05, 0.1) is 16.7 Å². The number of nitrogens with one attached hydrogen (secondary N) is 1. The first-order valence-electron chi connectivity index (χ1n) is 9.01. The first kappa shape index (κ1) is 22.0. The first-order chi connectivity index (χ1) is 14.1. The molecule has 160 valence electrons. The quantitative estimate of drug-likeness (QED) is 0.702. The number of anilines is 1. The average molecular weight is 445 g/mol. The standard InChI is InChI=1S/C20H17ClF4N2O3/c21-15-10-12(2-4-17(15)23)26-18(29)11-1-3-16(22)14(9-11)20(24,25)19(30)27-7-5-13(28)6-8-27/h1-4,9-10,13,28H,5-8H2,(H,26,29). The van der Waals surface area contributed by atoms with E-state index < -0.39 is 41.0 Å². The number of likely N-dealkylation sites (tertiary alicyclic amines) is 1. The van der Waals surface area contributed by atoms with Crippen LogP contribution < -0.4 is 5.32 Å². The molecule has 5 nitrogen and oxygen atoms in total. The molecule has 0 saturated carbocycles. The van der Waals surface area contributed by atoms with Gasteiger partial charge in [0.15, 0.2) is 0 Å². The molecule has 30 heavy (non-hydrogen) atoms. The van der Waals surface area contributed by atoms with E-state index in [1.54, 1.807) is 0 Å². The normalized spacial score (nSPS) is 15.2. The third-order valence-corrected chi connectivity index (χ3v) is 5.05. The summed E-state index contributed by atoms with van der Waals surface area (Å²) in [4.78, 5) is 25.5. The third kappa shape index (κ3) is 4.57. The van der Waals surface area contributed by atoms with E-state index in [2.05, 4.69) is 5.32 Å². The molecule has 3 rings (SSSR count). The van der Waals surface area contributed by atoms with Crippen molar-refractivity contribution in [3.05, 3.63) is 64.2 Å². The molecule has 0 aliphatic carbocycles. The Balaban J connectivity index is 1.83. The smallest absolute Gasteiger partial charge is 0.352 e. The zero-order valence-corrected chi connectivity index (χ0v) is 16.2. The van der Waals surface area contributed by atoms with Gasteiger partial charge in [-0.15, -0.1) is 0 Å². The molecule has 0 atom stereocenters. The van der Waals surface area contributed by atoms with Crippen LogP contribution in [0.1, 0.15) is 28.8 Å². The van der Waals surface area contributed by atoms with Crippen molar-refractivity contribution < 1.29 is 32.3 Å². The van der Waals surface area contributed by atoms with Crippen molar-refractivity contribution in [1.29, 1.82) is 0 Å². The van der Waals surface area contributed by atoms with Crippen molar-refractivity contribution in [2.75, 3.05) is 18.4 Å². The number of nitrogens with zero attached hydrogens (tertiary/aromatic N) is 1. The van der Waals surface area contributed by atoms with Gasteiger partial charge in [-0.3, -0.25) is 9.59 Å². The highest BCUT2D eigenvalue weighted by atomic mass is 35.5. The number of halogens is 5. The molecular formula is C20H17ClF4N2O3. The lowest BCUT2D eigenvalue weighted by Crippen LogP contribution is -2.47. The van der Waals surface area contributed by atoms with Crippen molar-refractivity contribution in [3.8, 4) is 0 Å². The van der Waals surface area contributed by atoms with Gasteiger partial charge in [0.2, 0.25) is 0 Å². The molecule has 1 aliphatic rings. The van der Waals surface area contributed by atoms with Gasteiger partial charge < -0.3 is 15.3 Å². The predicted octanol–water partition coefficient (Wildman–Crippen LogP) is 3.95. The molecule has 0 unspecified atom stereocenters. The summed E-state index contributed by atoms with van der Waals surface area (Å²) < 4.78 is 56.9. The van der Waals surface area contributed by atoms with Crippen LogP contribution in [0.25, 0.3) is 0 Å². The minimum Gasteiger partial charge on any atom is -0.393 e. The van der Waals surface area contributed by atoms with Gasteiger partial charge in [0.1, 0.15) is 11.6 Å². The number of aliphatic hydroxyl groups excluding tert-OH is 1. The molecule has 2 amide bonds. The van der Waals surface area contributed by atoms with Crippen LogP contribution >= 0.6 is 11.6 Å². The van der Waals surface area contributed by atoms with E-state index in [1.807, 2.05) is 0 Å². The maximum Gasteiger partial charge on any atom is 0.352 e. The van der Waals surface area contributed by atoms with Crippen LogP contribution in [0.15, 0.2) is 36.4 Å². The van der Waals surface area contributed by atoms with Crippen LogP contribution in [0.3, 0.4) is 0 Å². The van der Waals surface area contributed by atoms with Crippen molar-refractivity contribution in [1.82, 2.24) is 4.90 Å². The molecule has 1 heterocycles. The maximum absolute atomic E-state index is 14.8. The monoisotopic (exact) mass is 444 g/mol. The summed E-state index contributed by atoms with van der Waals surface area (Å²) in [6.45, 7) is -0.161. The molecule has 2 aromatic rings. The number of carbonyl (C=O) groups excluding carboxylic acids is 2. The minimum absolute atomic E-state index is 0.0806. The van der Waals surface area contributed by atoms with Gasteiger partial charge in [-0.1, -0.05) is 11.6 Å². The predicted molar refractivity (Wildman–Crippen MR) is 101 cm³/mol. The Hall–Kier alpha value is -2.65. The largest absolute Gasteiger partial charge is 0.393 e. The number of amides is 2. The Morgan fingerprint density at radius 2 is 1.70 bits per heavy atom. The van der Waals surface area contributed by atoms with Crippen LogP contribution in [-0.4, -0.2) is 41.0 Å². The zero-order valence-electron chi connectivity index (χ0n) is 15.5. The Bertz CT molecular complexity index is 979. The fourth-order valence-corrected chi connectivity index (χ4v) is 3.25. The number of aliphatic hydroxyl groups is 1. The molecule has 2 N–H and O–H groups in total. The molecule has 0 radical (unpaired) electrons. The lowest BCUT2D eigenvalue weighted by Gasteiger charge is -2.32. The van der Waals surface area contributed by atoms with Crippen LogP contribution in [0.2, 0.25) is 5.02 Å². The van der Waals surface area contributed by atoms with Gasteiger partial charge in [-0.25, -0.2) is 8.78 Å². The summed E-state index contributed by atoms with van der Waals surface area (Å²) in [6, 6.07) is 5.61. The van der Waals surface area contributed by atoms with E-state index in [4.69, 9.17) is 11.6 Å². The molecule has 1 saturated heterocycles. The van der Waals surface area contributed by atoms with Gasteiger partial charge in [0, 0.05) is 24.3 Å². The van der Waals surface area contributed by atoms with E-state index in [9.17, 15) is 32.3 Å². The number of carbonyl (C=O) groups is 2. The fourth-order valence-electron chi connectivity index (χ4n) is 3.07. The molecule has 1 fully saturated rings. The molecule has 0 aromatic heterocycles. The first-order valence-corrected chi connectivity index (χ1v) is 9.39. The molecule has 2 aromatic carbocycles. The molecular weight excluding hydrogens is 428 g/mol. The van der Waals surface area contributed by atoms with Crippen molar-refractivity contribution in [2.24, 2.45) is 0 Å². The summed E-state index contributed by atoms with van der Waals surface area (Å²) >= 11 is 5.63. The summed E-state index contributed by atoms with van der Waals surface area (Å²) in [5.41, 5.74) is -1.45. The maximum atomic E-state index is 14.8. The lowest BCUT2D eigenvalue weighted by atomic mass is 10.0. The highest BCUT2D eigenvalue weighted by Gasteiger charge is 2.46. The zero-order chi connectivity index (χ0) is 22.1. The van der Waals surface area contributed by atoms with Crippen molar-refractivity contribution >= 4 is 29.1 Å². The summed E-state index contributed by atoms with van der Waals surface area (Å²) in [7, 11) is 0. The third-order valence-electron chi connectivity index (χ3n) is 4.76. The van der Waals surface area contributed by atoms with Crippen molar-refractivity contribution in [2.45, 2.75) is 24.9 Å². The highest BCUT2D eigenvalue weighted by Crippen LogP contribution is 2.34. The topological polar surface area (TPSA) is 69.6 Å². The highest BCUT2D eigenvalue weighted by molar-refractivity contribution is 6.31. The summed E-state index contributed by atoms with van der Waals surface area (Å²) in [5, 5.41) is 11.6. The fraction of sp³-hybridized carbons (Fsp3) is 0.300. The average Bonchev–Trinajstić information content (AvgIpc) is 2.71. The van der Waals surface area contributed by atoms with E-state index >= 15 is 0 Å². The molecule has 10 heteroatoms. The Morgan fingerprint density at radius 1 is 1.07 bits per heavy atom. The van der Waals surface area contributed by atoms with E-state index in [1.165, 1.54) is 6.07 Å². The summed E-state index contributed by atoms with van der Waals surface area (Å²) in [5.74, 6) is -8.73. The second-order valence-corrected chi connectivity index (χ2v) is 7.28. The van der Waals surface area contributed by atoms with Crippen LogP contribution in [0.5, 0.6) is 0 Å². The van der Waals surface area contributed by atoms with E-state index in [0.717, 1.165) is 23.1 Å². The van der Waals surface area contributed by atoms with Gasteiger partial charge in [0.25, 0.3) is 11.8 Å². The lowest BCUT2D eigenvalue weighted by molar-refractivity contribution is -0.161. The molecule has 0 spiro atoms. The summed E-state index contributed by atoms with van der Waals surface area (Å²) in [6.07, 6.45) is -0.383. The number of hydrogen-bond donors (Lipinski definition) is 2. The van der Waals surface area contributed by atoms with E-state index in [-0.39, 0.29) is 42.2 Å². The number of piperidine rings is 1. The Kier molecular flexibility index (Phi) is 6.33. The Morgan fingerprint density at radius 3 is 2.33 bits per heavy atom. The van der Waals surface area contributed by atoms with Crippen molar-refractivity contribution in [3.63, 3.8) is 0 Å². The molecule has 0 bridgehead atoms. The SMILES string of the molecule is O=C(Nc1ccc(F)c(Cl)c1)c1ccc(F)c(C(F)(F)C(=O)N2CCC(O)CC2)c1. The number of alkyl halides is 2. The van der Waals surface area contributed by atoms with Gasteiger partial charge in [-0.2, -0.15) is 8.78 Å². The number of benzene rings is 2. The molecule has 1 aliphatic heterocycles. The van der Waals surface area contributed by atoms with Gasteiger partial charge >= 0.3 is 5.92 Å². The second kappa shape index (κ2) is 8.61. The van der Waals surface area contributed by atoms with Crippen LogP contribution in [0.4, 0.5) is 23.2 Å². The minimum atomic E-state index is -4.21. The van der Waals surface area contributed by atoms with Gasteiger partial charge in [-0.05, 0) is 49.2 Å². The number of hydrogen-bond acceptors (Lipinski definition) is 3.